The van der Waals surface area contributed by atoms with Gasteiger partial charge in [0.1, 0.15) is 17.9 Å². The molecule has 2 aromatic carbocycles. The third kappa shape index (κ3) is 4.06. The maximum Gasteiger partial charge on any atom is 0.322 e. The molecule has 2 aliphatic heterocycles. The Kier molecular flexibility index (Phi) is 5.62. The van der Waals surface area contributed by atoms with Crippen molar-refractivity contribution in [3.8, 4) is 5.75 Å². The second kappa shape index (κ2) is 8.75. The van der Waals surface area contributed by atoms with Crippen molar-refractivity contribution >= 4 is 28.7 Å². The first kappa shape index (κ1) is 21.8. The number of pyridine rings is 1. The number of rotatable bonds is 5. The molecule has 3 N–H and O–H groups in total. The number of carbonyl (C=O) groups is 3. The fourth-order valence-corrected chi connectivity index (χ4v) is 4.46. The summed E-state index contributed by atoms with van der Waals surface area (Å²) >= 11 is 0. The number of imide groups is 1. The minimum absolute atomic E-state index is 0.125. The highest BCUT2D eigenvalue weighted by Crippen LogP contribution is 2.26. The molecule has 174 valence electrons. The van der Waals surface area contributed by atoms with Gasteiger partial charge in [-0.25, -0.2) is 4.79 Å². The van der Waals surface area contributed by atoms with E-state index in [2.05, 4.69) is 20.9 Å². The molecular weight excluding hydrogens is 436 g/mol. The van der Waals surface area contributed by atoms with Crippen molar-refractivity contribution in [1.82, 2.24) is 20.9 Å². The molecule has 0 bridgehead atoms. The largest absolute Gasteiger partial charge is 0.489 e. The number of hydrogen-bond donors (Lipinski definition) is 3. The number of aromatic nitrogens is 1. The number of hydrogen-bond acceptors (Lipinski definition) is 6. The molecule has 2 aliphatic rings. The molecule has 2 saturated heterocycles. The Morgan fingerprint density at radius 3 is 2.76 bits per heavy atom. The number of urea groups is 1. The lowest BCUT2D eigenvalue weighted by Crippen LogP contribution is -2.66. The highest BCUT2D eigenvalue weighted by atomic mass is 16.5. The summed E-state index contributed by atoms with van der Waals surface area (Å²) in [7, 11) is 0. The molecule has 0 unspecified atom stereocenters. The Hall–Kier alpha value is -3.98. The monoisotopic (exact) mass is 460 g/mol. The highest BCUT2D eigenvalue weighted by Gasteiger charge is 2.54. The number of nitrogens with zero attached hydrogens (tertiary/aromatic N) is 1. The average molecular weight is 460 g/mol. The van der Waals surface area contributed by atoms with E-state index in [1.54, 1.807) is 24.3 Å². The number of amides is 4. The fraction of sp³-hybridized carbons (Fsp3) is 0.280. The van der Waals surface area contributed by atoms with Gasteiger partial charge in [0, 0.05) is 35.2 Å². The van der Waals surface area contributed by atoms with Crippen molar-refractivity contribution in [2.24, 2.45) is 0 Å². The van der Waals surface area contributed by atoms with Gasteiger partial charge in [0.25, 0.3) is 11.8 Å². The lowest BCUT2D eigenvalue weighted by Gasteiger charge is -2.38. The first-order chi connectivity index (χ1) is 16.4. The lowest BCUT2D eigenvalue weighted by atomic mass is 9.85. The van der Waals surface area contributed by atoms with Crippen molar-refractivity contribution in [2.75, 3.05) is 13.2 Å². The minimum atomic E-state index is -1.19. The summed E-state index contributed by atoms with van der Waals surface area (Å²) in [5, 5.41) is 8.79. The van der Waals surface area contributed by atoms with Crippen molar-refractivity contribution in [1.29, 1.82) is 0 Å². The van der Waals surface area contributed by atoms with Crippen LogP contribution in [0.4, 0.5) is 4.79 Å². The quantitative estimate of drug-likeness (QED) is 0.503. The molecular formula is C25H24N4O5. The molecule has 3 heterocycles. The lowest BCUT2D eigenvalue weighted by molar-refractivity contribution is -0.128. The Labute approximate surface area is 195 Å². The standard InChI is InChI=1S/C25H24N4O5/c1-15-12-17(19-4-2-3-5-20(19)26-15)13-34-18-8-6-16(7-9-18)22(30)27-21-14-33-11-10-25(21)23(31)28-24(32)29-25/h2-9,12,21H,10-11,13-14H2,1H3,(H,27,30)(H2,28,29,31,32)/t21-,25-/m1/s1. The summed E-state index contributed by atoms with van der Waals surface area (Å²) in [6, 6.07) is 15.4. The van der Waals surface area contributed by atoms with Gasteiger partial charge in [-0.05, 0) is 43.3 Å². The van der Waals surface area contributed by atoms with E-state index in [1.165, 1.54) is 0 Å². The van der Waals surface area contributed by atoms with Crippen molar-refractivity contribution in [3.63, 3.8) is 0 Å². The zero-order valence-electron chi connectivity index (χ0n) is 18.6. The van der Waals surface area contributed by atoms with Crippen LogP contribution in [0, 0.1) is 6.92 Å². The number of fused-ring (bicyclic) bond motifs is 1. The van der Waals surface area contributed by atoms with Gasteiger partial charge in [0.05, 0.1) is 18.2 Å². The fourth-order valence-electron chi connectivity index (χ4n) is 4.46. The van der Waals surface area contributed by atoms with Gasteiger partial charge in [0.2, 0.25) is 0 Å². The number of nitrogens with one attached hydrogen (secondary N) is 3. The third-order valence-electron chi connectivity index (χ3n) is 6.24. The van der Waals surface area contributed by atoms with Crippen LogP contribution in [-0.4, -0.2) is 47.6 Å². The van der Waals surface area contributed by atoms with E-state index < -0.39 is 23.5 Å². The molecule has 0 radical (unpaired) electrons. The van der Waals surface area contributed by atoms with Gasteiger partial charge < -0.3 is 20.1 Å². The SMILES string of the molecule is Cc1cc(COc2ccc(C(=O)N[C@@H]3COCC[C@@]34NC(=O)NC4=O)cc2)c2ccccc2n1. The van der Waals surface area contributed by atoms with Crippen LogP contribution in [0.3, 0.4) is 0 Å². The average Bonchev–Trinajstić information content (AvgIpc) is 3.12. The van der Waals surface area contributed by atoms with Crippen LogP contribution in [0.2, 0.25) is 0 Å². The van der Waals surface area contributed by atoms with E-state index in [4.69, 9.17) is 9.47 Å². The van der Waals surface area contributed by atoms with E-state index in [1.807, 2.05) is 37.3 Å². The van der Waals surface area contributed by atoms with Gasteiger partial charge >= 0.3 is 6.03 Å². The van der Waals surface area contributed by atoms with Crippen LogP contribution in [0.5, 0.6) is 5.75 Å². The predicted molar refractivity (Wildman–Crippen MR) is 123 cm³/mol. The number of benzene rings is 2. The number of para-hydroxylation sites is 1. The van der Waals surface area contributed by atoms with E-state index in [0.29, 0.717) is 24.5 Å². The molecule has 0 aliphatic carbocycles. The summed E-state index contributed by atoms with van der Waals surface area (Å²) in [4.78, 5) is 41.5. The van der Waals surface area contributed by atoms with Gasteiger partial charge in [-0.2, -0.15) is 0 Å². The second-order valence-electron chi connectivity index (χ2n) is 8.48. The maximum absolute atomic E-state index is 12.9. The zero-order chi connectivity index (χ0) is 23.7. The van der Waals surface area contributed by atoms with Crippen molar-refractivity contribution in [3.05, 3.63) is 71.4 Å². The highest BCUT2D eigenvalue weighted by molar-refractivity contribution is 6.08. The summed E-state index contributed by atoms with van der Waals surface area (Å²) in [6.45, 7) is 2.76. The molecule has 34 heavy (non-hydrogen) atoms. The first-order valence-electron chi connectivity index (χ1n) is 11.0. The molecule has 0 saturated carbocycles. The molecule has 2 atom stereocenters. The van der Waals surface area contributed by atoms with Crippen molar-refractivity contribution < 1.29 is 23.9 Å². The Balaban J connectivity index is 1.26. The molecule has 9 heteroatoms. The van der Waals surface area contributed by atoms with Gasteiger partial charge in [-0.15, -0.1) is 0 Å². The van der Waals surface area contributed by atoms with Gasteiger partial charge in [0.15, 0.2) is 0 Å². The molecule has 1 aromatic heterocycles. The Bertz CT molecular complexity index is 1280. The Morgan fingerprint density at radius 1 is 1.21 bits per heavy atom. The number of carbonyl (C=O) groups excluding carboxylic acids is 3. The van der Waals surface area contributed by atoms with E-state index in [9.17, 15) is 14.4 Å². The van der Waals surface area contributed by atoms with Crippen LogP contribution in [-0.2, 0) is 16.1 Å². The minimum Gasteiger partial charge on any atom is -0.489 e. The zero-order valence-corrected chi connectivity index (χ0v) is 18.6. The van der Waals surface area contributed by atoms with E-state index >= 15 is 0 Å². The third-order valence-corrected chi connectivity index (χ3v) is 6.24. The van der Waals surface area contributed by atoms with E-state index in [0.717, 1.165) is 22.2 Å². The summed E-state index contributed by atoms with van der Waals surface area (Å²) < 4.78 is 11.4. The first-order valence-corrected chi connectivity index (χ1v) is 11.0. The summed E-state index contributed by atoms with van der Waals surface area (Å²) in [5.74, 6) is -0.199. The Morgan fingerprint density at radius 2 is 2.00 bits per heavy atom. The smallest absolute Gasteiger partial charge is 0.322 e. The van der Waals surface area contributed by atoms with Gasteiger partial charge in [-0.3, -0.25) is 19.9 Å². The summed E-state index contributed by atoms with van der Waals surface area (Å²) in [5.41, 5.74) is 2.08. The molecule has 1 spiro atoms. The van der Waals surface area contributed by atoms with Gasteiger partial charge in [-0.1, -0.05) is 18.2 Å². The van der Waals surface area contributed by atoms with E-state index in [-0.39, 0.29) is 18.9 Å². The van der Waals surface area contributed by atoms with Crippen LogP contribution in [0.15, 0.2) is 54.6 Å². The molecule has 4 amide bonds. The molecule has 2 fully saturated rings. The molecule has 3 aromatic rings. The topological polar surface area (TPSA) is 119 Å². The summed E-state index contributed by atoms with van der Waals surface area (Å²) in [6.07, 6.45) is 0.283. The van der Waals surface area contributed by atoms with Crippen LogP contribution in [0.1, 0.15) is 28.0 Å². The maximum atomic E-state index is 12.9. The number of aryl methyl sites for hydroxylation is 1. The normalized spacial score (nSPS) is 21.9. The van der Waals surface area contributed by atoms with Crippen LogP contribution in [0.25, 0.3) is 10.9 Å². The predicted octanol–water partition coefficient (Wildman–Crippen LogP) is 2.22. The van der Waals surface area contributed by atoms with Crippen LogP contribution >= 0.6 is 0 Å². The molecule has 9 nitrogen and oxygen atoms in total. The van der Waals surface area contributed by atoms with Crippen LogP contribution < -0.4 is 20.7 Å². The molecule has 5 rings (SSSR count). The second-order valence-corrected chi connectivity index (χ2v) is 8.48. The van der Waals surface area contributed by atoms with Crippen molar-refractivity contribution in [2.45, 2.75) is 31.5 Å². The number of ether oxygens (including phenoxy) is 2.